The number of fused-ring (bicyclic) bond motifs is 1. The smallest absolute Gasteiger partial charge is 0.416 e. The standard InChI is InChI=1S/C24H32F3IN2O2/c1-15(2)23(8-6-19(11-23)29-9-7-20(28)16(3)12-29)22(31)30-13-17-10-18(24(25,26)27)4-5-21(17)32-14-30/h4-5,10,15-16,19-20H,6-9,11-14H2,1-3H3/t16-,19+,20-,23-/m0/s1. The number of halogens is 4. The molecule has 178 valence electrons. The number of hydrogen-bond donors (Lipinski definition) is 0. The third kappa shape index (κ3) is 4.50. The van der Waals surface area contributed by atoms with E-state index in [9.17, 15) is 18.0 Å². The molecule has 3 aliphatic rings. The van der Waals surface area contributed by atoms with E-state index in [1.807, 2.05) is 0 Å². The average molecular weight is 564 g/mol. The van der Waals surface area contributed by atoms with Crippen LogP contribution >= 0.6 is 22.6 Å². The molecule has 1 amide bonds. The van der Waals surface area contributed by atoms with Crippen molar-refractivity contribution in [2.45, 2.75) is 69.1 Å². The highest BCUT2D eigenvalue weighted by atomic mass is 127. The molecule has 4 atom stereocenters. The normalized spacial score (nSPS) is 31.5. The second-order valence-corrected chi connectivity index (χ2v) is 11.7. The first-order valence-electron chi connectivity index (χ1n) is 11.5. The van der Waals surface area contributed by atoms with Crippen LogP contribution in [0.2, 0.25) is 0 Å². The van der Waals surface area contributed by atoms with Gasteiger partial charge in [-0.2, -0.15) is 13.2 Å². The summed E-state index contributed by atoms with van der Waals surface area (Å²) in [5, 5.41) is 0. The number of carbonyl (C=O) groups is 1. The molecule has 1 aromatic rings. The van der Waals surface area contributed by atoms with E-state index < -0.39 is 17.2 Å². The minimum Gasteiger partial charge on any atom is -0.473 e. The zero-order valence-corrected chi connectivity index (χ0v) is 21.1. The van der Waals surface area contributed by atoms with Crippen molar-refractivity contribution in [1.82, 2.24) is 9.80 Å². The van der Waals surface area contributed by atoms with Crippen molar-refractivity contribution >= 4 is 28.5 Å². The molecule has 4 nitrogen and oxygen atoms in total. The maximum Gasteiger partial charge on any atom is 0.416 e. The number of ether oxygens (including phenoxy) is 1. The quantitative estimate of drug-likeness (QED) is 0.348. The van der Waals surface area contributed by atoms with Gasteiger partial charge in [0.05, 0.1) is 17.5 Å². The van der Waals surface area contributed by atoms with Crippen molar-refractivity contribution in [2.24, 2.45) is 17.3 Å². The highest BCUT2D eigenvalue weighted by Crippen LogP contribution is 2.49. The summed E-state index contributed by atoms with van der Waals surface area (Å²) in [5.74, 6) is 1.25. The van der Waals surface area contributed by atoms with Crippen LogP contribution in [0.3, 0.4) is 0 Å². The van der Waals surface area contributed by atoms with Crippen LogP contribution in [-0.2, 0) is 17.5 Å². The number of alkyl halides is 4. The molecule has 0 aromatic heterocycles. The fourth-order valence-corrected chi connectivity index (χ4v) is 6.18. The minimum atomic E-state index is -4.41. The lowest BCUT2D eigenvalue weighted by molar-refractivity contribution is -0.150. The largest absolute Gasteiger partial charge is 0.473 e. The fourth-order valence-electron chi connectivity index (χ4n) is 5.67. The third-order valence-electron chi connectivity index (χ3n) is 7.82. The Hall–Kier alpha value is -1.03. The monoisotopic (exact) mass is 564 g/mol. The Morgan fingerprint density at radius 2 is 2.03 bits per heavy atom. The van der Waals surface area contributed by atoms with Gasteiger partial charge in [0.25, 0.3) is 0 Å². The van der Waals surface area contributed by atoms with E-state index in [2.05, 4.69) is 48.3 Å². The topological polar surface area (TPSA) is 32.8 Å². The summed E-state index contributed by atoms with van der Waals surface area (Å²) in [4.78, 5) is 18.0. The van der Waals surface area contributed by atoms with Crippen molar-refractivity contribution < 1.29 is 22.7 Å². The molecule has 2 aliphatic heterocycles. The summed E-state index contributed by atoms with van der Waals surface area (Å²) in [6.07, 6.45) is -0.611. The Morgan fingerprint density at radius 1 is 1.28 bits per heavy atom. The summed E-state index contributed by atoms with van der Waals surface area (Å²) in [5.41, 5.74) is -0.773. The van der Waals surface area contributed by atoms with Crippen molar-refractivity contribution in [2.75, 3.05) is 19.8 Å². The molecule has 1 aliphatic carbocycles. The maximum absolute atomic E-state index is 13.8. The zero-order valence-electron chi connectivity index (χ0n) is 18.9. The van der Waals surface area contributed by atoms with Gasteiger partial charge in [-0.05, 0) is 62.3 Å². The number of rotatable bonds is 3. The van der Waals surface area contributed by atoms with E-state index in [-0.39, 0.29) is 25.1 Å². The van der Waals surface area contributed by atoms with E-state index in [0.717, 1.165) is 44.5 Å². The van der Waals surface area contributed by atoms with Gasteiger partial charge in [0.2, 0.25) is 5.91 Å². The molecular formula is C24H32F3IN2O2. The van der Waals surface area contributed by atoms with Crippen LogP contribution in [0.5, 0.6) is 5.75 Å². The molecule has 0 unspecified atom stereocenters. The first-order valence-corrected chi connectivity index (χ1v) is 12.8. The molecular weight excluding hydrogens is 532 g/mol. The van der Waals surface area contributed by atoms with Gasteiger partial charge in [-0.25, -0.2) is 0 Å². The number of carbonyl (C=O) groups excluding carboxylic acids is 1. The SMILES string of the molecule is CC(C)[C@]1(C(=O)N2COc3ccc(C(F)(F)F)cc3C2)CC[C@@H](N2CC[C@H](I)[C@@H](C)C2)C1. The second-order valence-electron chi connectivity index (χ2n) is 10.1. The van der Waals surface area contributed by atoms with E-state index in [1.54, 1.807) is 4.90 Å². The number of nitrogens with zero attached hydrogens (tertiary/aromatic N) is 2. The predicted molar refractivity (Wildman–Crippen MR) is 126 cm³/mol. The Bertz CT molecular complexity index is 862. The van der Waals surface area contributed by atoms with Crippen molar-refractivity contribution in [3.63, 3.8) is 0 Å². The molecule has 1 aromatic carbocycles. The maximum atomic E-state index is 13.8. The molecule has 1 saturated carbocycles. The zero-order chi connectivity index (χ0) is 23.3. The van der Waals surface area contributed by atoms with Crippen LogP contribution in [-0.4, -0.2) is 45.5 Å². The summed E-state index contributed by atoms with van der Waals surface area (Å²) in [7, 11) is 0. The molecule has 4 rings (SSSR count). The number of benzene rings is 1. The number of piperidine rings is 1. The van der Waals surface area contributed by atoms with Crippen LogP contribution in [0.15, 0.2) is 18.2 Å². The van der Waals surface area contributed by atoms with Gasteiger partial charge >= 0.3 is 6.18 Å². The summed E-state index contributed by atoms with van der Waals surface area (Å²) in [6, 6.07) is 3.90. The average Bonchev–Trinajstić information content (AvgIpc) is 3.20. The highest BCUT2D eigenvalue weighted by molar-refractivity contribution is 14.1. The number of hydrogen-bond acceptors (Lipinski definition) is 3. The van der Waals surface area contributed by atoms with Crippen molar-refractivity contribution in [3.05, 3.63) is 29.3 Å². The molecule has 2 heterocycles. The molecule has 0 N–H and O–H groups in total. The lowest BCUT2D eigenvalue weighted by atomic mass is 9.74. The molecule has 0 radical (unpaired) electrons. The number of likely N-dealkylation sites (tertiary alicyclic amines) is 1. The van der Waals surface area contributed by atoms with Gasteiger partial charge in [0.1, 0.15) is 5.75 Å². The first kappa shape index (κ1) is 24.1. The van der Waals surface area contributed by atoms with Gasteiger partial charge in [0, 0.05) is 22.1 Å². The molecule has 8 heteroatoms. The van der Waals surface area contributed by atoms with Crippen LogP contribution in [0.4, 0.5) is 13.2 Å². The Labute approximate surface area is 202 Å². The van der Waals surface area contributed by atoms with E-state index in [4.69, 9.17) is 4.74 Å². The third-order valence-corrected chi connectivity index (χ3v) is 9.67. The molecule has 2 fully saturated rings. The van der Waals surface area contributed by atoms with E-state index in [1.165, 1.54) is 12.5 Å². The minimum absolute atomic E-state index is 0.0230. The van der Waals surface area contributed by atoms with Gasteiger partial charge in [-0.3, -0.25) is 4.79 Å². The second kappa shape index (κ2) is 8.96. The van der Waals surface area contributed by atoms with Gasteiger partial charge in [-0.1, -0.05) is 43.4 Å². The van der Waals surface area contributed by atoms with Crippen LogP contribution < -0.4 is 4.74 Å². The van der Waals surface area contributed by atoms with Gasteiger partial charge in [0.15, 0.2) is 6.73 Å². The van der Waals surface area contributed by atoms with Gasteiger partial charge in [-0.15, -0.1) is 0 Å². The Balaban J connectivity index is 1.51. The molecule has 32 heavy (non-hydrogen) atoms. The predicted octanol–water partition coefficient (Wildman–Crippen LogP) is 5.72. The molecule has 0 spiro atoms. The number of amides is 1. The lowest BCUT2D eigenvalue weighted by Gasteiger charge is -2.41. The van der Waals surface area contributed by atoms with Crippen LogP contribution in [0.25, 0.3) is 0 Å². The van der Waals surface area contributed by atoms with Gasteiger partial charge < -0.3 is 14.5 Å². The highest BCUT2D eigenvalue weighted by Gasteiger charge is 2.51. The van der Waals surface area contributed by atoms with Crippen molar-refractivity contribution in [3.8, 4) is 5.75 Å². The van der Waals surface area contributed by atoms with E-state index >= 15 is 0 Å². The van der Waals surface area contributed by atoms with Crippen LogP contribution in [0, 0.1) is 17.3 Å². The first-order chi connectivity index (χ1) is 15.0. The van der Waals surface area contributed by atoms with Crippen molar-refractivity contribution in [1.29, 1.82) is 0 Å². The Morgan fingerprint density at radius 3 is 2.69 bits per heavy atom. The van der Waals surface area contributed by atoms with Crippen LogP contribution in [0.1, 0.15) is 57.6 Å². The summed E-state index contributed by atoms with van der Waals surface area (Å²) >= 11 is 2.55. The lowest BCUT2D eigenvalue weighted by Crippen LogP contribution is -2.50. The summed E-state index contributed by atoms with van der Waals surface area (Å²) < 4.78 is 45.9. The Kier molecular flexibility index (Phi) is 6.75. The van der Waals surface area contributed by atoms with E-state index in [0.29, 0.717) is 27.2 Å². The molecule has 1 saturated heterocycles. The molecule has 0 bridgehead atoms. The fraction of sp³-hybridized carbons (Fsp3) is 0.708. The summed E-state index contributed by atoms with van der Waals surface area (Å²) in [6.45, 7) is 8.90.